The van der Waals surface area contributed by atoms with E-state index >= 15 is 0 Å². The molecule has 0 amide bonds. The van der Waals surface area contributed by atoms with Crippen LogP contribution < -0.4 is 4.99 Å². The predicted molar refractivity (Wildman–Crippen MR) is 73.4 cm³/mol. The number of furan rings is 1. The van der Waals surface area contributed by atoms with E-state index < -0.39 is 0 Å². The Labute approximate surface area is 117 Å². The third kappa shape index (κ3) is 3.04. The van der Waals surface area contributed by atoms with Crippen LogP contribution in [0.15, 0.2) is 35.3 Å². The van der Waals surface area contributed by atoms with Gasteiger partial charge in [0.05, 0.1) is 19.0 Å². The van der Waals surface area contributed by atoms with Crippen molar-refractivity contribution in [2.24, 2.45) is 0 Å². The summed E-state index contributed by atoms with van der Waals surface area (Å²) < 4.78 is 5.43. The van der Waals surface area contributed by atoms with E-state index in [4.69, 9.17) is 4.42 Å². The molecule has 1 aliphatic carbocycles. The molecule has 0 unspecified atom stereocenters. The Morgan fingerprint density at radius 3 is 3.15 bits per heavy atom. The van der Waals surface area contributed by atoms with Gasteiger partial charge in [0.15, 0.2) is 5.71 Å². The third-order valence-corrected chi connectivity index (χ3v) is 3.65. The Kier molecular flexibility index (Phi) is 3.76. The summed E-state index contributed by atoms with van der Waals surface area (Å²) in [6.07, 6.45) is 8.05. The summed E-state index contributed by atoms with van der Waals surface area (Å²) >= 11 is 0. The number of ketones is 1. The zero-order valence-corrected chi connectivity index (χ0v) is 11.3. The highest BCUT2D eigenvalue weighted by Crippen LogP contribution is 2.28. The van der Waals surface area contributed by atoms with E-state index in [0.717, 1.165) is 36.6 Å². The summed E-state index contributed by atoms with van der Waals surface area (Å²) in [6.45, 7) is 0.815. The van der Waals surface area contributed by atoms with Crippen LogP contribution in [0.3, 0.4) is 0 Å². The van der Waals surface area contributed by atoms with Crippen LogP contribution >= 0.6 is 0 Å². The fourth-order valence-electron chi connectivity index (χ4n) is 2.68. The highest BCUT2D eigenvalue weighted by atomic mass is 16.3. The van der Waals surface area contributed by atoms with E-state index in [1.54, 1.807) is 12.6 Å². The predicted octanol–water partition coefficient (Wildman–Crippen LogP) is 0.604. The number of imidazole rings is 1. The third-order valence-electron chi connectivity index (χ3n) is 3.65. The molecule has 20 heavy (non-hydrogen) atoms. The molecule has 104 valence electrons. The summed E-state index contributed by atoms with van der Waals surface area (Å²) in [5.41, 5.74) is 2.21. The molecular formula is C15H18N3O2+. The van der Waals surface area contributed by atoms with Crippen LogP contribution in [-0.2, 0) is 11.2 Å². The molecule has 1 aliphatic rings. The average molecular weight is 272 g/mol. The number of carbonyl (C=O) groups excluding carboxylic acids is 1. The lowest BCUT2D eigenvalue weighted by Gasteiger charge is -2.17. The molecular weight excluding hydrogens is 254 g/mol. The number of aromatic amines is 1. The second-order valence-electron chi connectivity index (χ2n) is 5.19. The van der Waals surface area contributed by atoms with Gasteiger partial charge in [-0.3, -0.25) is 4.79 Å². The maximum Gasteiger partial charge on any atom is 0.158 e. The first-order valence-corrected chi connectivity index (χ1v) is 6.92. The van der Waals surface area contributed by atoms with Crippen LogP contribution in [0, 0.1) is 0 Å². The monoisotopic (exact) mass is 272 g/mol. The summed E-state index contributed by atoms with van der Waals surface area (Å²) in [4.78, 5) is 22.3. The van der Waals surface area contributed by atoms with Crippen molar-refractivity contribution in [2.75, 3.05) is 6.54 Å². The normalized spacial score (nSPS) is 21.5. The van der Waals surface area contributed by atoms with Crippen molar-refractivity contribution < 1.29 is 14.2 Å². The second-order valence-corrected chi connectivity index (χ2v) is 5.19. The Morgan fingerprint density at radius 2 is 2.40 bits per heavy atom. The molecule has 0 radical (unpaired) electrons. The molecule has 2 aromatic rings. The van der Waals surface area contributed by atoms with E-state index in [1.165, 1.54) is 0 Å². The molecule has 1 fully saturated rings. The molecule has 0 saturated heterocycles. The molecule has 2 heterocycles. The number of aromatic nitrogens is 2. The first-order chi connectivity index (χ1) is 9.81. The van der Waals surface area contributed by atoms with E-state index in [1.807, 2.05) is 18.3 Å². The van der Waals surface area contributed by atoms with E-state index in [-0.39, 0.29) is 11.7 Å². The largest absolute Gasteiger partial charge is 0.469 e. The second kappa shape index (κ2) is 5.86. The minimum Gasteiger partial charge on any atom is -0.469 e. The van der Waals surface area contributed by atoms with E-state index in [0.29, 0.717) is 12.8 Å². The van der Waals surface area contributed by atoms with Gasteiger partial charge in [-0.2, -0.15) is 0 Å². The summed E-state index contributed by atoms with van der Waals surface area (Å²) in [5.74, 6) is 1.37. The van der Waals surface area contributed by atoms with Gasteiger partial charge < -0.3 is 9.40 Å². The maximum absolute atomic E-state index is 11.9. The Morgan fingerprint density at radius 1 is 1.45 bits per heavy atom. The summed E-state index contributed by atoms with van der Waals surface area (Å²) in [7, 11) is 0. The number of Topliss-reactive ketones (excluding diaryl/α,β-unsaturated/α-hetero) is 1. The minimum atomic E-state index is 0.181. The molecule has 0 bridgehead atoms. The SMILES string of the molecule is O=C1CC(=[NH+]CCc2cnc[nH]2)C[C@H](c2ccco2)C1. The van der Waals surface area contributed by atoms with Crippen molar-refractivity contribution in [3.8, 4) is 0 Å². The van der Waals surface area contributed by atoms with Crippen LogP contribution in [-0.4, -0.2) is 28.0 Å². The first kappa shape index (κ1) is 12.8. The summed E-state index contributed by atoms with van der Waals surface area (Å²) in [5, 5.41) is 0. The molecule has 2 aromatic heterocycles. The molecule has 3 rings (SSSR count). The van der Waals surface area contributed by atoms with Gasteiger partial charge >= 0.3 is 0 Å². The number of hydrogen-bond donors (Lipinski definition) is 2. The lowest BCUT2D eigenvalue weighted by molar-refractivity contribution is -0.459. The van der Waals surface area contributed by atoms with Gasteiger partial charge in [-0.05, 0) is 12.1 Å². The van der Waals surface area contributed by atoms with Crippen LogP contribution in [0.1, 0.15) is 36.6 Å². The molecule has 5 nitrogen and oxygen atoms in total. The fourth-order valence-corrected chi connectivity index (χ4v) is 2.68. The fraction of sp³-hybridized carbons (Fsp3) is 0.400. The number of H-pyrrole nitrogens is 1. The molecule has 0 aliphatic heterocycles. The van der Waals surface area contributed by atoms with Crippen LogP contribution in [0.25, 0.3) is 0 Å². The number of rotatable bonds is 4. The van der Waals surface area contributed by atoms with Crippen LogP contribution in [0.4, 0.5) is 0 Å². The molecule has 1 atom stereocenters. The zero-order valence-electron chi connectivity index (χ0n) is 11.3. The molecule has 1 saturated carbocycles. The van der Waals surface area contributed by atoms with Crippen molar-refractivity contribution >= 4 is 11.5 Å². The van der Waals surface area contributed by atoms with Gasteiger partial charge in [-0.15, -0.1) is 0 Å². The molecule has 0 spiro atoms. The van der Waals surface area contributed by atoms with Gasteiger partial charge in [0, 0.05) is 37.1 Å². The molecule has 2 N–H and O–H groups in total. The Balaban J connectivity index is 1.62. The van der Waals surface area contributed by atoms with Crippen molar-refractivity contribution in [3.63, 3.8) is 0 Å². The van der Waals surface area contributed by atoms with Gasteiger partial charge in [0.2, 0.25) is 0 Å². The Bertz CT molecular complexity index is 585. The zero-order chi connectivity index (χ0) is 13.8. The number of nitrogens with one attached hydrogen (secondary N) is 2. The minimum absolute atomic E-state index is 0.181. The lowest BCUT2D eigenvalue weighted by atomic mass is 9.85. The van der Waals surface area contributed by atoms with E-state index in [9.17, 15) is 4.79 Å². The molecule has 0 aromatic carbocycles. The number of nitrogens with zero attached hydrogens (tertiary/aromatic N) is 1. The van der Waals surface area contributed by atoms with Crippen molar-refractivity contribution in [1.29, 1.82) is 0 Å². The van der Waals surface area contributed by atoms with Gasteiger partial charge in [0.1, 0.15) is 18.1 Å². The van der Waals surface area contributed by atoms with E-state index in [2.05, 4.69) is 15.0 Å². The van der Waals surface area contributed by atoms with Gasteiger partial charge in [-0.1, -0.05) is 0 Å². The van der Waals surface area contributed by atoms with Gasteiger partial charge in [-0.25, -0.2) is 9.98 Å². The van der Waals surface area contributed by atoms with Crippen molar-refractivity contribution in [2.45, 2.75) is 31.6 Å². The Hall–Kier alpha value is -2.17. The van der Waals surface area contributed by atoms with Crippen LogP contribution in [0.2, 0.25) is 0 Å². The van der Waals surface area contributed by atoms with Gasteiger partial charge in [0.25, 0.3) is 0 Å². The van der Waals surface area contributed by atoms with Crippen molar-refractivity contribution in [3.05, 3.63) is 42.4 Å². The summed E-state index contributed by atoms with van der Waals surface area (Å²) in [6, 6.07) is 3.82. The number of carbonyl (C=O) groups is 1. The quantitative estimate of drug-likeness (QED) is 0.856. The maximum atomic E-state index is 11.9. The number of hydrogen-bond acceptors (Lipinski definition) is 3. The standard InChI is InChI=1S/C15H17N3O2/c19-14-7-11(15-2-1-5-20-15)6-13(8-14)17-4-3-12-9-16-10-18-12/h1-2,5,9-11H,3-4,6-8H2,(H,16,18)/p+1/t11-/m0/s1. The smallest absolute Gasteiger partial charge is 0.158 e. The lowest BCUT2D eigenvalue weighted by Crippen LogP contribution is -2.74. The highest BCUT2D eigenvalue weighted by Gasteiger charge is 2.29. The topological polar surface area (TPSA) is 72.9 Å². The van der Waals surface area contributed by atoms with Crippen LogP contribution in [0.5, 0.6) is 0 Å². The average Bonchev–Trinajstić information content (AvgIpc) is 3.11. The van der Waals surface area contributed by atoms with Crippen molar-refractivity contribution in [1.82, 2.24) is 9.97 Å². The first-order valence-electron chi connectivity index (χ1n) is 6.92. The highest BCUT2D eigenvalue weighted by molar-refractivity contribution is 6.02. The molecule has 5 heteroatoms.